The average molecular weight is 323 g/mol. The zero-order chi connectivity index (χ0) is 16.8. The van der Waals surface area contributed by atoms with E-state index in [1.54, 1.807) is 19.9 Å². The Morgan fingerprint density at radius 2 is 2.04 bits per heavy atom. The molecule has 1 aromatic carbocycles. The number of nitrogens with zero attached hydrogens (tertiary/aromatic N) is 1. The van der Waals surface area contributed by atoms with Crippen LogP contribution in [0.3, 0.4) is 0 Å². The third-order valence-electron chi connectivity index (χ3n) is 3.10. The lowest BCUT2D eigenvalue weighted by Crippen LogP contribution is -2.29. The predicted molar refractivity (Wildman–Crippen MR) is 78.5 cm³/mol. The zero-order valence-corrected chi connectivity index (χ0v) is 12.8. The van der Waals surface area contributed by atoms with E-state index in [4.69, 9.17) is 18.9 Å². The van der Waals surface area contributed by atoms with E-state index in [1.165, 1.54) is 24.7 Å². The van der Waals surface area contributed by atoms with E-state index in [9.17, 15) is 14.9 Å². The molecule has 0 aromatic heterocycles. The second-order valence-corrected chi connectivity index (χ2v) is 4.63. The number of esters is 1. The Hall–Kier alpha value is -2.77. The van der Waals surface area contributed by atoms with Crippen molar-refractivity contribution >= 4 is 11.7 Å². The van der Waals surface area contributed by atoms with Gasteiger partial charge in [0.15, 0.2) is 11.9 Å². The summed E-state index contributed by atoms with van der Waals surface area (Å²) in [6.45, 7) is 3.62. The van der Waals surface area contributed by atoms with E-state index in [2.05, 4.69) is 0 Å². The number of hydrogen-bond donors (Lipinski definition) is 0. The Morgan fingerprint density at radius 1 is 1.35 bits per heavy atom. The molecule has 0 saturated carbocycles. The van der Waals surface area contributed by atoms with Crippen LogP contribution in [0.1, 0.15) is 32.1 Å². The normalized spacial score (nSPS) is 14.7. The fraction of sp³-hybridized carbons (Fsp3) is 0.400. The highest BCUT2D eigenvalue weighted by Crippen LogP contribution is 2.34. The van der Waals surface area contributed by atoms with Crippen LogP contribution in [0.4, 0.5) is 5.69 Å². The first-order chi connectivity index (χ1) is 11.1. The maximum absolute atomic E-state index is 11.8. The van der Waals surface area contributed by atoms with Crippen LogP contribution in [0.2, 0.25) is 0 Å². The van der Waals surface area contributed by atoms with E-state index < -0.39 is 23.3 Å². The largest absolute Gasteiger partial charge is 0.472 e. The number of rotatable bonds is 7. The molecule has 1 aliphatic heterocycles. The molecule has 0 bridgehead atoms. The van der Waals surface area contributed by atoms with E-state index in [-0.39, 0.29) is 18.0 Å². The number of hydrogen-bond acceptors (Lipinski definition) is 7. The Labute approximate surface area is 132 Å². The molecule has 0 aliphatic carbocycles. The highest BCUT2D eigenvalue weighted by molar-refractivity contribution is 5.75. The summed E-state index contributed by atoms with van der Waals surface area (Å²) in [6.07, 6.45) is 1.41. The summed E-state index contributed by atoms with van der Waals surface area (Å²) in [4.78, 5) is 22.5. The minimum absolute atomic E-state index is 0.00962. The van der Waals surface area contributed by atoms with Gasteiger partial charge in [-0.3, -0.25) is 10.1 Å². The van der Waals surface area contributed by atoms with E-state index in [1.807, 2.05) is 0 Å². The molecule has 0 N–H and O–H groups in total. The fourth-order valence-electron chi connectivity index (χ4n) is 2.01. The summed E-state index contributed by atoms with van der Waals surface area (Å²) in [5, 5.41) is 11.3. The average Bonchev–Trinajstić information content (AvgIpc) is 3.07. The van der Waals surface area contributed by atoms with Crippen LogP contribution < -0.4 is 4.74 Å². The van der Waals surface area contributed by atoms with Crippen LogP contribution >= 0.6 is 0 Å². The van der Waals surface area contributed by atoms with Crippen molar-refractivity contribution in [1.82, 2.24) is 0 Å². The monoisotopic (exact) mass is 323 g/mol. The van der Waals surface area contributed by atoms with Crippen LogP contribution in [-0.4, -0.2) is 23.6 Å². The number of carbonyl (C=O) groups is 1. The number of nitro groups is 1. The summed E-state index contributed by atoms with van der Waals surface area (Å²) in [7, 11) is 0. The van der Waals surface area contributed by atoms with Gasteiger partial charge in [0.05, 0.1) is 11.5 Å². The first-order valence-electron chi connectivity index (χ1n) is 7.14. The smallest absolute Gasteiger partial charge is 0.347 e. The molecular weight excluding hydrogens is 306 g/mol. The van der Waals surface area contributed by atoms with Gasteiger partial charge < -0.3 is 18.9 Å². The van der Waals surface area contributed by atoms with Crippen molar-refractivity contribution in [1.29, 1.82) is 0 Å². The van der Waals surface area contributed by atoms with Crippen molar-refractivity contribution in [3.63, 3.8) is 0 Å². The maximum atomic E-state index is 11.8. The van der Waals surface area contributed by atoms with Gasteiger partial charge in [0.1, 0.15) is 12.5 Å². The highest BCUT2D eigenvalue weighted by Gasteiger charge is 2.27. The summed E-state index contributed by atoms with van der Waals surface area (Å²) < 4.78 is 20.7. The minimum atomic E-state index is -0.903. The van der Waals surface area contributed by atoms with E-state index in [0.29, 0.717) is 12.0 Å². The van der Waals surface area contributed by atoms with Crippen molar-refractivity contribution in [2.75, 3.05) is 6.61 Å². The van der Waals surface area contributed by atoms with Gasteiger partial charge in [0.2, 0.25) is 0 Å². The van der Waals surface area contributed by atoms with Gasteiger partial charge >= 0.3 is 11.7 Å². The predicted octanol–water partition coefficient (Wildman–Crippen LogP) is 2.83. The lowest BCUT2D eigenvalue weighted by molar-refractivity contribution is -0.386. The van der Waals surface area contributed by atoms with Crippen molar-refractivity contribution in [2.24, 2.45) is 0 Å². The van der Waals surface area contributed by atoms with Crippen molar-refractivity contribution < 1.29 is 28.7 Å². The molecule has 8 nitrogen and oxygen atoms in total. The van der Waals surface area contributed by atoms with Crippen LogP contribution in [0, 0.1) is 10.1 Å². The molecular formula is C15H17NO7. The minimum Gasteiger partial charge on any atom is -0.472 e. The zero-order valence-electron chi connectivity index (χ0n) is 12.8. The highest BCUT2D eigenvalue weighted by atomic mass is 16.7. The van der Waals surface area contributed by atoms with Gasteiger partial charge in [-0.2, -0.15) is 0 Å². The molecule has 0 fully saturated rings. The van der Waals surface area contributed by atoms with Gasteiger partial charge in [0.25, 0.3) is 6.29 Å². The standard InChI is InChI=1S/C15H17NO7/c1-3-12(14(17)20-4-2)23-13-6-5-10(9-11(13)16(18)19)15-21-7-8-22-15/h5-9,12,15H,3-4H2,1-2H3. The number of nitro benzene ring substituents is 1. The Balaban J connectivity index is 2.23. The van der Waals surface area contributed by atoms with Crippen molar-refractivity contribution in [2.45, 2.75) is 32.7 Å². The number of carbonyl (C=O) groups excluding carboxylic acids is 1. The molecule has 8 heteroatoms. The third kappa shape index (κ3) is 3.91. The topological polar surface area (TPSA) is 97.1 Å². The second kappa shape index (κ2) is 7.48. The van der Waals surface area contributed by atoms with Gasteiger partial charge in [-0.25, -0.2) is 4.79 Å². The van der Waals surface area contributed by atoms with Crippen molar-refractivity contribution in [3.8, 4) is 5.75 Å². The van der Waals surface area contributed by atoms with E-state index >= 15 is 0 Å². The molecule has 1 heterocycles. The van der Waals surface area contributed by atoms with Crippen LogP contribution in [0.15, 0.2) is 30.7 Å². The quantitative estimate of drug-likeness (QED) is 0.432. The molecule has 1 unspecified atom stereocenters. The summed E-state index contributed by atoms with van der Waals surface area (Å²) in [5.74, 6) is -0.565. The molecule has 124 valence electrons. The third-order valence-corrected chi connectivity index (χ3v) is 3.10. The Bertz CT molecular complexity index is 606. The van der Waals surface area contributed by atoms with Crippen LogP contribution in [-0.2, 0) is 19.0 Å². The van der Waals surface area contributed by atoms with Gasteiger partial charge in [0, 0.05) is 11.6 Å². The molecule has 0 amide bonds. The number of ether oxygens (including phenoxy) is 4. The number of benzene rings is 1. The molecule has 1 aromatic rings. The molecule has 1 atom stereocenters. The maximum Gasteiger partial charge on any atom is 0.347 e. The van der Waals surface area contributed by atoms with Gasteiger partial charge in [-0.05, 0) is 25.5 Å². The molecule has 0 spiro atoms. The summed E-state index contributed by atoms with van der Waals surface area (Å²) >= 11 is 0. The molecule has 0 radical (unpaired) electrons. The molecule has 23 heavy (non-hydrogen) atoms. The van der Waals surface area contributed by atoms with Crippen LogP contribution in [0.5, 0.6) is 5.75 Å². The molecule has 2 rings (SSSR count). The summed E-state index contributed by atoms with van der Waals surface area (Å²) in [6, 6.07) is 4.29. The summed E-state index contributed by atoms with van der Waals surface area (Å²) in [5.41, 5.74) is 0.197. The van der Waals surface area contributed by atoms with Crippen molar-refractivity contribution in [3.05, 3.63) is 46.4 Å². The van der Waals surface area contributed by atoms with Crippen LogP contribution in [0.25, 0.3) is 0 Å². The lowest BCUT2D eigenvalue weighted by Gasteiger charge is -2.17. The molecule has 0 saturated heterocycles. The second-order valence-electron chi connectivity index (χ2n) is 4.63. The van der Waals surface area contributed by atoms with Gasteiger partial charge in [-0.1, -0.05) is 6.92 Å². The van der Waals surface area contributed by atoms with E-state index in [0.717, 1.165) is 0 Å². The van der Waals surface area contributed by atoms with Gasteiger partial charge in [-0.15, -0.1) is 0 Å². The first kappa shape index (κ1) is 16.6. The molecule has 1 aliphatic rings. The SMILES string of the molecule is CCOC(=O)C(CC)Oc1ccc(C2OC=CO2)cc1[N+](=O)[O-]. The Kier molecular flexibility index (Phi) is 5.40. The lowest BCUT2D eigenvalue weighted by atomic mass is 10.1. The fourth-order valence-corrected chi connectivity index (χ4v) is 2.01. The first-order valence-corrected chi connectivity index (χ1v) is 7.14. The Morgan fingerprint density at radius 3 is 2.61 bits per heavy atom.